The van der Waals surface area contributed by atoms with E-state index < -0.39 is 11.7 Å². The first-order chi connectivity index (χ1) is 9.47. The molecule has 0 unspecified atom stereocenters. The van der Waals surface area contributed by atoms with Crippen molar-refractivity contribution in [2.45, 2.75) is 26.7 Å². The van der Waals surface area contributed by atoms with Crippen molar-refractivity contribution in [3.8, 4) is 0 Å². The molecule has 0 heterocycles. The zero-order chi connectivity index (χ0) is 15.1. The third kappa shape index (κ3) is 4.46. The highest BCUT2D eigenvalue weighted by molar-refractivity contribution is 6.05. The monoisotopic (exact) mass is 280 g/mol. The number of rotatable bonds is 6. The highest BCUT2D eigenvalue weighted by atomic mass is 19.1. The first kappa shape index (κ1) is 15.8. The van der Waals surface area contributed by atoms with Gasteiger partial charge in [0.25, 0.3) is 5.91 Å². The topological polar surface area (TPSA) is 75.3 Å². The van der Waals surface area contributed by atoms with Gasteiger partial charge in [0, 0.05) is 18.5 Å². The predicted octanol–water partition coefficient (Wildman–Crippen LogP) is 1.88. The third-order valence-electron chi connectivity index (χ3n) is 2.59. The van der Waals surface area contributed by atoms with Gasteiger partial charge in [-0.25, -0.2) is 4.39 Å². The number of ketones is 1. The fourth-order valence-corrected chi connectivity index (χ4v) is 1.52. The van der Waals surface area contributed by atoms with E-state index in [0.717, 1.165) is 6.07 Å². The van der Waals surface area contributed by atoms with E-state index in [1.54, 1.807) is 13.8 Å². The second-order valence-electron chi connectivity index (χ2n) is 4.17. The van der Waals surface area contributed by atoms with Gasteiger partial charge >= 0.3 is 0 Å². The summed E-state index contributed by atoms with van der Waals surface area (Å²) >= 11 is 0. The van der Waals surface area contributed by atoms with E-state index in [1.807, 2.05) is 0 Å². The van der Waals surface area contributed by atoms with Crippen LogP contribution in [0.25, 0.3) is 0 Å². The summed E-state index contributed by atoms with van der Waals surface area (Å²) in [6.07, 6.45) is -0.0594. The maximum Gasteiger partial charge on any atom is 0.251 e. The van der Waals surface area contributed by atoms with Gasteiger partial charge in [-0.05, 0) is 25.1 Å². The number of hydrogen-bond donors (Lipinski definition) is 2. The summed E-state index contributed by atoms with van der Waals surface area (Å²) in [6, 6.07) is 3.67. The zero-order valence-electron chi connectivity index (χ0n) is 11.5. The lowest BCUT2D eigenvalue weighted by Gasteiger charge is -2.08. The first-order valence-electron chi connectivity index (χ1n) is 6.37. The number of Topliss-reactive ketones (excluding diaryl/α,β-unsaturated/α-hetero) is 1. The van der Waals surface area contributed by atoms with Crippen LogP contribution in [0.4, 0.5) is 10.1 Å². The number of nitrogens with one attached hydrogen (secondary N) is 2. The van der Waals surface area contributed by atoms with Crippen molar-refractivity contribution < 1.29 is 18.8 Å². The van der Waals surface area contributed by atoms with Gasteiger partial charge in [-0.2, -0.15) is 0 Å². The highest BCUT2D eigenvalue weighted by Gasteiger charge is 2.13. The fourth-order valence-electron chi connectivity index (χ4n) is 1.52. The molecule has 6 heteroatoms. The van der Waals surface area contributed by atoms with Gasteiger partial charge in [0.05, 0.1) is 12.1 Å². The molecule has 5 nitrogen and oxygen atoms in total. The number of carbonyl (C=O) groups is 3. The van der Waals surface area contributed by atoms with Crippen LogP contribution in [0, 0.1) is 5.82 Å². The Morgan fingerprint density at radius 3 is 2.50 bits per heavy atom. The van der Waals surface area contributed by atoms with E-state index >= 15 is 0 Å². The van der Waals surface area contributed by atoms with Crippen LogP contribution < -0.4 is 10.6 Å². The maximum atomic E-state index is 13.6. The normalized spacial score (nSPS) is 9.95. The van der Waals surface area contributed by atoms with Gasteiger partial charge in [-0.1, -0.05) is 6.92 Å². The Hall–Kier alpha value is -2.24. The van der Waals surface area contributed by atoms with Crippen molar-refractivity contribution in [2.75, 3.05) is 11.9 Å². The molecule has 0 saturated carbocycles. The van der Waals surface area contributed by atoms with Gasteiger partial charge in [0.2, 0.25) is 5.91 Å². The molecule has 2 amide bonds. The Morgan fingerprint density at radius 1 is 1.20 bits per heavy atom. The molecule has 1 aromatic carbocycles. The second-order valence-corrected chi connectivity index (χ2v) is 4.17. The van der Waals surface area contributed by atoms with Crippen LogP contribution in [-0.4, -0.2) is 24.1 Å². The van der Waals surface area contributed by atoms with Gasteiger partial charge < -0.3 is 10.6 Å². The Kier molecular flexibility index (Phi) is 5.83. The minimum absolute atomic E-state index is 0.109. The molecule has 0 bridgehead atoms. The van der Waals surface area contributed by atoms with E-state index in [2.05, 4.69) is 10.6 Å². The summed E-state index contributed by atoms with van der Waals surface area (Å²) in [7, 11) is 0. The molecule has 0 aliphatic heterocycles. The molecule has 0 atom stereocenters. The van der Waals surface area contributed by atoms with E-state index in [4.69, 9.17) is 0 Å². The Bertz CT molecular complexity index is 529. The van der Waals surface area contributed by atoms with Crippen molar-refractivity contribution in [3.63, 3.8) is 0 Å². The Balaban J connectivity index is 2.84. The smallest absolute Gasteiger partial charge is 0.251 e. The fraction of sp³-hybridized carbons (Fsp3) is 0.357. The Morgan fingerprint density at radius 2 is 1.90 bits per heavy atom. The quantitative estimate of drug-likeness (QED) is 0.781. The molecule has 0 spiro atoms. The lowest BCUT2D eigenvalue weighted by atomic mass is 10.1. The molecule has 0 aromatic heterocycles. The summed E-state index contributed by atoms with van der Waals surface area (Å²) in [5.41, 5.74) is 0.132. The van der Waals surface area contributed by atoms with Crippen LogP contribution >= 0.6 is 0 Å². The number of halogens is 1. The summed E-state index contributed by atoms with van der Waals surface area (Å²) in [6.45, 7) is 3.86. The van der Waals surface area contributed by atoms with Gasteiger partial charge in [-0.15, -0.1) is 0 Å². The zero-order valence-corrected chi connectivity index (χ0v) is 11.5. The van der Waals surface area contributed by atoms with Crippen molar-refractivity contribution in [3.05, 3.63) is 29.6 Å². The maximum absolute atomic E-state index is 13.6. The second kappa shape index (κ2) is 7.37. The lowest BCUT2D eigenvalue weighted by Crippen LogP contribution is -2.23. The van der Waals surface area contributed by atoms with Crippen molar-refractivity contribution >= 4 is 23.3 Å². The van der Waals surface area contributed by atoms with E-state index in [1.165, 1.54) is 12.1 Å². The molecule has 0 aliphatic carbocycles. The molecule has 108 valence electrons. The largest absolute Gasteiger partial charge is 0.352 e. The van der Waals surface area contributed by atoms with E-state index in [9.17, 15) is 18.8 Å². The molecule has 2 N–H and O–H groups in total. The SMILES string of the molecule is CCNC(=O)c1ccc(F)c(NC(=O)CC(=O)CC)c1. The average molecular weight is 280 g/mol. The number of carbonyl (C=O) groups excluding carboxylic acids is 3. The molecule has 0 saturated heterocycles. The minimum Gasteiger partial charge on any atom is -0.352 e. The molecular formula is C14H17FN2O3. The lowest BCUT2D eigenvalue weighted by molar-refractivity contribution is -0.125. The third-order valence-corrected chi connectivity index (χ3v) is 2.59. The van der Waals surface area contributed by atoms with Crippen LogP contribution in [0.5, 0.6) is 0 Å². The molecule has 0 radical (unpaired) electrons. The van der Waals surface area contributed by atoms with Crippen LogP contribution in [0.1, 0.15) is 37.0 Å². The molecule has 0 fully saturated rings. The molecule has 1 aromatic rings. The first-order valence-corrected chi connectivity index (χ1v) is 6.37. The van der Waals surface area contributed by atoms with Gasteiger partial charge in [-0.3, -0.25) is 14.4 Å². The van der Waals surface area contributed by atoms with Crippen LogP contribution in [0.3, 0.4) is 0 Å². The standard InChI is InChI=1S/C14H17FN2O3/c1-3-10(18)8-13(19)17-12-7-9(5-6-11(12)15)14(20)16-4-2/h5-7H,3-4,8H2,1-2H3,(H,16,20)(H,17,19). The number of amides is 2. The van der Waals surface area contributed by atoms with Crippen molar-refractivity contribution in [1.29, 1.82) is 0 Å². The van der Waals surface area contributed by atoms with Crippen LogP contribution in [-0.2, 0) is 9.59 Å². The minimum atomic E-state index is -0.657. The van der Waals surface area contributed by atoms with Crippen molar-refractivity contribution in [2.24, 2.45) is 0 Å². The van der Waals surface area contributed by atoms with Gasteiger partial charge in [0.1, 0.15) is 11.6 Å². The molecular weight excluding hydrogens is 263 g/mol. The summed E-state index contributed by atoms with van der Waals surface area (Å²) in [5.74, 6) is -1.84. The molecule has 20 heavy (non-hydrogen) atoms. The highest BCUT2D eigenvalue weighted by Crippen LogP contribution is 2.16. The summed E-state index contributed by atoms with van der Waals surface area (Å²) in [4.78, 5) is 34.3. The number of benzene rings is 1. The van der Waals surface area contributed by atoms with Crippen molar-refractivity contribution in [1.82, 2.24) is 5.32 Å². The van der Waals surface area contributed by atoms with Crippen LogP contribution in [0.15, 0.2) is 18.2 Å². The van der Waals surface area contributed by atoms with Gasteiger partial charge in [0.15, 0.2) is 0 Å². The number of hydrogen-bond acceptors (Lipinski definition) is 3. The molecule has 1 rings (SSSR count). The number of anilines is 1. The van der Waals surface area contributed by atoms with E-state index in [0.29, 0.717) is 6.54 Å². The molecule has 0 aliphatic rings. The summed E-state index contributed by atoms with van der Waals surface area (Å²) in [5, 5.41) is 4.87. The summed E-state index contributed by atoms with van der Waals surface area (Å²) < 4.78 is 13.6. The predicted molar refractivity (Wildman–Crippen MR) is 73.0 cm³/mol. The van der Waals surface area contributed by atoms with E-state index in [-0.39, 0.29) is 35.8 Å². The Labute approximate surface area is 116 Å². The van der Waals surface area contributed by atoms with Crippen LogP contribution in [0.2, 0.25) is 0 Å². The average Bonchev–Trinajstić information content (AvgIpc) is 2.41.